The molecule has 0 fully saturated rings. The lowest BCUT2D eigenvalue weighted by Gasteiger charge is -1.97. The van der Waals surface area contributed by atoms with Crippen molar-refractivity contribution < 1.29 is 0 Å². The molecule has 18 heavy (non-hydrogen) atoms. The van der Waals surface area contributed by atoms with Crippen LogP contribution in [0.3, 0.4) is 0 Å². The Bertz CT molecular complexity index is 680. The van der Waals surface area contributed by atoms with Crippen molar-refractivity contribution in [1.29, 1.82) is 0 Å². The lowest BCUT2D eigenvalue weighted by molar-refractivity contribution is 0.627. The van der Waals surface area contributed by atoms with Crippen molar-refractivity contribution in [3.8, 4) is 0 Å². The normalized spacial score (nSPS) is 11.2. The van der Waals surface area contributed by atoms with E-state index in [0.29, 0.717) is 12.2 Å². The molecule has 1 aromatic carbocycles. The Morgan fingerprint density at radius 3 is 2.83 bits per heavy atom. The molecule has 2 heterocycles. The van der Waals surface area contributed by atoms with E-state index in [9.17, 15) is 0 Å². The van der Waals surface area contributed by atoms with Crippen LogP contribution in [0.4, 0.5) is 5.69 Å². The summed E-state index contributed by atoms with van der Waals surface area (Å²) in [7, 11) is 0. The van der Waals surface area contributed by atoms with E-state index in [-0.39, 0.29) is 0 Å². The molecular weight excluding hydrogens is 226 g/mol. The summed E-state index contributed by atoms with van der Waals surface area (Å²) in [4.78, 5) is 0. The highest BCUT2D eigenvalue weighted by Crippen LogP contribution is 2.19. The Hall–Kier alpha value is -2.30. The lowest BCUT2D eigenvalue weighted by atomic mass is 10.2. The summed E-state index contributed by atoms with van der Waals surface area (Å²) in [6, 6.07) is 8.25. The quantitative estimate of drug-likeness (QED) is 0.761. The number of nitrogens with zero attached hydrogens (tertiary/aromatic N) is 4. The highest BCUT2D eigenvalue weighted by molar-refractivity contribution is 5.81. The van der Waals surface area contributed by atoms with E-state index in [4.69, 9.17) is 5.73 Å². The minimum atomic E-state index is 0.644. The van der Waals surface area contributed by atoms with Gasteiger partial charge in [0.2, 0.25) is 0 Å². The summed E-state index contributed by atoms with van der Waals surface area (Å²) in [5.74, 6) is 0. The number of aromatic nitrogens is 4. The van der Waals surface area contributed by atoms with Gasteiger partial charge in [0.25, 0.3) is 0 Å². The average Bonchev–Trinajstić information content (AvgIpc) is 2.95. The van der Waals surface area contributed by atoms with Gasteiger partial charge in [-0.15, -0.1) is 0 Å². The van der Waals surface area contributed by atoms with Crippen LogP contribution in [0.25, 0.3) is 10.9 Å². The van der Waals surface area contributed by atoms with E-state index < -0.39 is 0 Å². The van der Waals surface area contributed by atoms with Gasteiger partial charge in [-0.2, -0.15) is 10.2 Å². The molecule has 0 saturated heterocycles. The summed E-state index contributed by atoms with van der Waals surface area (Å²) in [6.07, 6.45) is 3.47. The molecule has 0 radical (unpaired) electrons. The molecule has 0 unspecified atom stereocenters. The van der Waals surface area contributed by atoms with E-state index in [2.05, 4.69) is 29.3 Å². The lowest BCUT2D eigenvalue weighted by Crippen LogP contribution is -2.02. The fourth-order valence-corrected chi connectivity index (χ4v) is 2.17. The number of nitrogens with two attached hydrogens (primary N) is 1. The number of fused-ring (bicyclic) bond motifs is 1. The van der Waals surface area contributed by atoms with Crippen molar-refractivity contribution in [3.63, 3.8) is 0 Å². The Kier molecular flexibility index (Phi) is 2.51. The Labute approximate surface area is 105 Å². The second kappa shape index (κ2) is 4.18. The molecule has 0 bridgehead atoms. The molecule has 0 spiro atoms. The molecule has 0 amide bonds. The summed E-state index contributed by atoms with van der Waals surface area (Å²) in [5.41, 5.74) is 8.53. The van der Waals surface area contributed by atoms with Crippen LogP contribution < -0.4 is 5.73 Å². The number of hydrogen-bond acceptors (Lipinski definition) is 3. The van der Waals surface area contributed by atoms with E-state index in [0.717, 1.165) is 17.8 Å². The molecule has 3 aromatic rings. The first kappa shape index (κ1) is 10.8. The molecular formula is C13H15N5. The summed E-state index contributed by atoms with van der Waals surface area (Å²) in [6.45, 7) is 3.60. The van der Waals surface area contributed by atoms with Gasteiger partial charge in [-0.1, -0.05) is 18.2 Å². The molecule has 0 atom stereocenters. The number of anilines is 1. The van der Waals surface area contributed by atoms with E-state index in [1.165, 1.54) is 5.39 Å². The summed E-state index contributed by atoms with van der Waals surface area (Å²) >= 11 is 0. The third-order valence-corrected chi connectivity index (χ3v) is 3.00. The maximum atomic E-state index is 5.67. The fourth-order valence-electron chi connectivity index (χ4n) is 2.17. The second-order valence-electron chi connectivity index (χ2n) is 4.25. The number of para-hydroxylation sites is 1. The van der Waals surface area contributed by atoms with Crippen LogP contribution in [0.2, 0.25) is 0 Å². The molecule has 0 aliphatic carbocycles. The first-order valence-corrected chi connectivity index (χ1v) is 6.00. The molecule has 5 nitrogen and oxygen atoms in total. The molecule has 2 aromatic heterocycles. The molecule has 92 valence electrons. The molecule has 0 saturated carbocycles. The van der Waals surface area contributed by atoms with Crippen LogP contribution in [0.5, 0.6) is 0 Å². The highest BCUT2D eigenvalue weighted by atomic mass is 15.3. The zero-order valence-corrected chi connectivity index (χ0v) is 10.2. The van der Waals surface area contributed by atoms with Gasteiger partial charge < -0.3 is 5.73 Å². The van der Waals surface area contributed by atoms with Crippen LogP contribution in [0.1, 0.15) is 12.6 Å². The number of rotatable bonds is 3. The monoisotopic (exact) mass is 241 g/mol. The molecule has 5 heteroatoms. The molecule has 0 aliphatic heterocycles. The van der Waals surface area contributed by atoms with E-state index in [1.807, 2.05) is 27.7 Å². The molecule has 3 rings (SSSR count). The largest absolute Gasteiger partial charge is 0.396 e. The Balaban J connectivity index is 2.06. The zero-order chi connectivity index (χ0) is 12.5. The van der Waals surface area contributed by atoms with Crippen LogP contribution >= 0.6 is 0 Å². The predicted molar refractivity (Wildman–Crippen MR) is 71.1 cm³/mol. The van der Waals surface area contributed by atoms with Crippen molar-refractivity contribution in [2.24, 2.45) is 0 Å². The number of nitrogen functional groups attached to an aromatic ring is 1. The number of benzene rings is 1. The zero-order valence-electron chi connectivity index (χ0n) is 10.2. The van der Waals surface area contributed by atoms with Gasteiger partial charge in [0.15, 0.2) is 0 Å². The van der Waals surface area contributed by atoms with Crippen molar-refractivity contribution in [3.05, 3.63) is 42.4 Å². The van der Waals surface area contributed by atoms with Gasteiger partial charge >= 0.3 is 0 Å². The van der Waals surface area contributed by atoms with Gasteiger partial charge in [-0.25, -0.2) is 0 Å². The van der Waals surface area contributed by atoms with Gasteiger partial charge in [0, 0.05) is 18.1 Å². The smallest absolute Gasteiger partial charge is 0.0918 e. The number of hydrogen-bond donors (Lipinski definition) is 1. The van der Waals surface area contributed by atoms with Crippen molar-refractivity contribution >= 4 is 16.6 Å². The second-order valence-corrected chi connectivity index (χ2v) is 4.25. The third-order valence-electron chi connectivity index (χ3n) is 3.00. The van der Waals surface area contributed by atoms with Gasteiger partial charge in [-0.05, 0) is 13.0 Å². The topological polar surface area (TPSA) is 61.7 Å². The Morgan fingerprint density at radius 1 is 1.28 bits per heavy atom. The van der Waals surface area contributed by atoms with E-state index in [1.54, 1.807) is 6.20 Å². The van der Waals surface area contributed by atoms with Crippen molar-refractivity contribution in [1.82, 2.24) is 19.6 Å². The predicted octanol–water partition coefficient (Wildman–Crippen LogP) is 1.88. The fraction of sp³-hybridized carbons (Fsp3) is 0.231. The molecule has 0 aliphatic rings. The summed E-state index contributed by atoms with van der Waals surface area (Å²) in [5, 5.41) is 10.00. The average molecular weight is 241 g/mol. The maximum absolute atomic E-state index is 5.67. The maximum Gasteiger partial charge on any atom is 0.0918 e. The van der Waals surface area contributed by atoms with Crippen LogP contribution in [0, 0.1) is 0 Å². The highest BCUT2D eigenvalue weighted by Gasteiger charge is 2.09. The molecule has 2 N–H and O–H groups in total. The van der Waals surface area contributed by atoms with Crippen molar-refractivity contribution in [2.45, 2.75) is 20.0 Å². The van der Waals surface area contributed by atoms with Gasteiger partial charge in [-0.3, -0.25) is 9.36 Å². The van der Waals surface area contributed by atoms with Crippen molar-refractivity contribution in [2.75, 3.05) is 5.73 Å². The van der Waals surface area contributed by atoms with Crippen LogP contribution in [-0.2, 0) is 13.1 Å². The first-order chi connectivity index (χ1) is 8.78. The van der Waals surface area contributed by atoms with Gasteiger partial charge in [0.1, 0.15) is 0 Å². The van der Waals surface area contributed by atoms with E-state index >= 15 is 0 Å². The minimum absolute atomic E-state index is 0.644. The van der Waals surface area contributed by atoms with Crippen LogP contribution in [-0.4, -0.2) is 19.6 Å². The van der Waals surface area contributed by atoms with Gasteiger partial charge in [0.05, 0.1) is 29.6 Å². The Morgan fingerprint density at radius 2 is 2.11 bits per heavy atom. The minimum Gasteiger partial charge on any atom is -0.396 e. The SMILES string of the molecule is CCn1nc(Cn2cc(N)cn2)c2ccccc21. The third kappa shape index (κ3) is 1.73. The first-order valence-electron chi connectivity index (χ1n) is 6.00. The standard InChI is InChI=1S/C13H15N5/c1-2-18-13-6-4-3-5-11(13)12(16-18)9-17-8-10(14)7-15-17/h3-8H,2,9,14H2,1H3. The number of aryl methyl sites for hydroxylation is 1. The van der Waals surface area contributed by atoms with Crippen LogP contribution in [0.15, 0.2) is 36.7 Å². The summed E-state index contributed by atoms with van der Waals surface area (Å²) < 4.78 is 3.82.